The smallest absolute Gasteiger partial charge is 0.417 e. The maximum Gasteiger partial charge on any atom is 0.417 e. The summed E-state index contributed by atoms with van der Waals surface area (Å²) in [7, 11) is 3.39. The van der Waals surface area contributed by atoms with Crippen molar-refractivity contribution >= 4 is 11.6 Å². The quantitative estimate of drug-likeness (QED) is 0.568. The molecule has 2 aromatic rings. The standard InChI is InChI=1S/C17H13ClF6O3/c1-25-11-5-4-9(16(19,20)21)14(15(11)18)8-6-12(26-2)13(27-3)7-10(8)17(22,23)24/h4-7H,1-3H3. The van der Waals surface area contributed by atoms with Gasteiger partial charge in [0.25, 0.3) is 0 Å². The second kappa shape index (κ2) is 7.38. The predicted octanol–water partition coefficient (Wildman–Crippen LogP) is 6.07. The molecule has 148 valence electrons. The van der Waals surface area contributed by atoms with Crippen LogP contribution in [0.5, 0.6) is 17.2 Å². The van der Waals surface area contributed by atoms with Crippen LogP contribution in [0.3, 0.4) is 0 Å². The van der Waals surface area contributed by atoms with E-state index in [1.807, 2.05) is 0 Å². The largest absolute Gasteiger partial charge is 0.495 e. The average Bonchev–Trinajstić information content (AvgIpc) is 2.58. The highest BCUT2D eigenvalue weighted by molar-refractivity contribution is 6.35. The minimum absolute atomic E-state index is 0.187. The van der Waals surface area contributed by atoms with Crippen molar-refractivity contribution in [2.45, 2.75) is 12.4 Å². The lowest BCUT2D eigenvalue weighted by molar-refractivity contribution is -0.139. The molecular weight excluding hydrogens is 402 g/mol. The number of halogens is 7. The number of ether oxygens (including phenoxy) is 3. The fraction of sp³-hybridized carbons (Fsp3) is 0.294. The maximum atomic E-state index is 13.6. The van der Waals surface area contributed by atoms with Crippen LogP contribution >= 0.6 is 11.6 Å². The molecule has 0 aliphatic carbocycles. The van der Waals surface area contributed by atoms with Gasteiger partial charge in [0, 0.05) is 11.1 Å². The summed E-state index contributed by atoms with van der Waals surface area (Å²) in [5.74, 6) is -0.684. The minimum atomic E-state index is -4.98. The van der Waals surface area contributed by atoms with Crippen molar-refractivity contribution in [3.63, 3.8) is 0 Å². The Morgan fingerprint density at radius 3 is 1.63 bits per heavy atom. The molecule has 2 rings (SSSR count). The number of benzene rings is 2. The summed E-state index contributed by atoms with van der Waals surface area (Å²) in [5, 5.41) is -0.606. The molecule has 0 radical (unpaired) electrons. The zero-order valence-electron chi connectivity index (χ0n) is 14.2. The highest BCUT2D eigenvalue weighted by atomic mass is 35.5. The van der Waals surface area contributed by atoms with Crippen LogP contribution in [-0.2, 0) is 12.4 Å². The highest BCUT2D eigenvalue weighted by Gasteiger charge is 2.40. The number of hydrogen-bond acceptors (Lipinski definition) is 3. The summed E-state index contributed by atoms with van der Waals surface area (Å²) >= 11 is 5.98. The Morgan fingerprint density at radius 2 is 1.19 bits per heavy atom. The van der Waals surface area contributed by atoms with E-state index in [9.17, 15) is 26.3 Å². The van der Waals surface area contributed by atoms with E-state index in [1.54, 1.807) is 0 Å². The molecule has 0 saturated heterocycles. The Bertz CT molecular complexity index is 846. The van der Waals surface area contributed by atoms with Gasteiger partial charge in [0.05, 0.1) is 37.5 Å². The number of rotatable bonds is 4. The van der Waals surface area contributed by atoms with E-state index in [1.165, 1.54) is 0 Å². The first-order chi connectivity index (χ1) is 12.5. The molecule has 0 unspecified atom stereocenters. The van der Waals surface area contributed by atoms with Crippen molar-refractivity contribution in [2.75, 3.05) is 21.3 Å². The summed E-state index contributed by atoms with van der Waals surface area (Å²) in [6.07, 6.45) is -9.94. The van der Waals surface area contributed by atoms with Crippen LogP contribution in [-0.4, -0.2) is 21.3 Å². The molecule has 0 fully saturated rings. The first-order valence-electron chi connectivity index (χ1n) is 7.23. The van der Waals surface area contributed by atoms with Gasteiger partial charge in [-0.2, -0.15) is 26.3 Å². The number of alkyl halides is 6. The molecular formula is C17H13ClF6O3. The molecule has 0 bridgehead atoms. The Balaban J connectivity index is 3.00. The molecule has 0 N–H and O–H groups in total. The molecule has 0 aliphatic heterocycles. The monoisotopic (exact) mass is 414 g/mol. The van der Waals surface area contributed by atoms with Gasteiger partial charge >= 0.3 is 12.4 Å². The summed E-state index contributed by atoms with van der Waals surface area (Å²) in [6.45, 7) is 0. The van der Waals surface area contributed by atoms with Crippen molar-refractivity contribution in [3.8, 4) is 28.4 Å². The summed E-state index contributed by atoms with van der Waals surface area (Å²) in [6, 6.07) is 2.90. The Morgan fingerprint density at radius 1 is 0.704 bits per heavy atom. The van der Waals surface area contributed by atoms with E-state index >= 15 is 0 Å². The lowest BCUT2D eigenvalue weighted by Crippen LogP contribution is -2.12. The van der Waals surface area contributed by atoms with Gasteiger partial charge in [-0.25, -0.2) is 0 Å². The van der Waals surface area contributed by atoms with Crippen molar-refractivity contribution in [1.82, 2.24) is 0 Å². The molecule has 0 heterocycles. The van der Waals surface area contributed by atoms with Crippen molar-refractivity contribution < 1.29 is 40.6 Å². The molecule has 0 aromatic heterocycles. The molecule has 10 heteroatoms. The summed E-state index contributed by atoms with van der Waals surface area (Å²) < 4.78 is 95.8. The van der Waals surface area contributed by atoms with E-state index in [4.69, 9.17) is 25.8 Å². The predicted molar refractivity (Wildman–Crippen MR) is 86.5 cm³/mol. The Labute approximate surface area is 155 Å². The van der Waals surface area contributed by atoms with Crippen molar-refractivity contribution in [1.29, 1.82) is 0 Å². The molecule has 3 nitrogen and oxygen atoms in total. The molecule has 0 spiro atoms. The van der Waals surface area contributed by atoms with Crippen LogP contribution in [0.4, 0.5) is 26.3 Å². The van der Waals surface area contributed by atoms with Gasteiger partial charge < -0.3 is 14.2 Å². The number of hydrogen-bond donors (Lipinski definition) is 0. The molecule has 0 aliphatic rings. The third kappa shape index (κ3) is 4.02. The van der Waals surface area contributed by atoms with Crippen LogP contribution in [0.15, 0.2) is 24.3 Å². The van der Waals surface area contributed by atoms with Crippen LogP contribution in [0.2, 0.25) is 5.02 Å². The Hall–Kier alpha value is -2.29. The molecule has 0 atom stereocenters. The molecule has 0 saturated carbocycles. The number of methoxy groups -OCH3 is 3. The van der Waals surface area contributed by atoms with Crippen LogP contribution in [0.25, 0.3) is 11.1 Å². The minimum Gasteiger partial charge on any atom is -0.495 e. The summed E-state index contributed by atoms with van der Waals surface area (Å²) in [5.41, 5.74) is -4.38. The van der Waals surface area contributed by atoms with Crippen molar-refractivity contribution in [3.05, 3.63) is 40.4 Å². The van der Waals surface area contributed by atoms with Gasteiger partial charge in [0.1, 0.15) is 5.75 Å². The molecule has 2 aromatic carbocycles. The van der Waals surface area contributed by atoms with Gasteiger partial charge in [0.2, 0.25) is 0 Å². The van der Waals surface area contributed by atoms with Gasteiger partial charge in [0.15, 0.2) is 11.5 Å². The topological polar surface area (TPSA) is 27.7 Å². The van der Waals surface area contributed by atoms with Gasteiger partial charge in [-0.1, -0.05) is 11.6 Å². The van der Waals surface area contributed by atoms with Gasteiger partial charge in [-0.3, -0.25) is 0 Å². The van der Waals surface area contributed by atoms with E-state index in [0.717, 1.165) is 33.5 Å². The van der Waals surface area contributed by atoms with Crippen LogP contribution < -0.4 is 14.2 Å². The first kappa shape index (κ1) is 21.0. The third-order valence-electron chi connectivity index (χ3n) is 3.73. The summed E-state index contributed by atoms with van der Waals surface area (Å²) in [4.78, 5) is 0. The first-order valence-corrected chi connectivity index (χ1v) is 7.60. The highest BCUT2D eigenvalue weighted by Crippen LogP contribution is 2.50. The lowest BCUT2D eigenvalue weighted by Gasteiger charge is -2.21. The second-order valence-electron chi connectivity index (χ2n) is 5.25. The van der Waals surface area contributed by atoms with Crippen LogP contribution in [0, 0.1) is 0 Å². The normalized spacial score (nSPS) is 12.1. The van der Waals surface area contributed by atoms with Crippen LogP contribution in [0.1, 0.15) is 11.1 Å². The average molecular weight is 415 g/mol. The SMILES string of the molecule is COc1cc(-c2c(C(F)(F)F)ccc(OC)c2Cl)c(C(F)(F)F)cc1OC. The zero-order chi connectivity index (χ0) is 20.6. The van der Waals surface area contributed by atoms with E-state index in [0.29, 0.717) is 12.1 Å². The fourth-order valence-corrected chi connectivity index (χ4v) is 2.88. The zero-order valence-corrected chi connectivity index (χ0v) is 14.9. The molecule has 0 amide bonds. The van der Waals surface area contributed by atoms with E-state index < -0.39 is 39.6 Å². The third-order valence-corrected chi connectivity index (χ3v) is 4.11. The van der Waals surface area contributed by atoms with Gasteiger partial charge in [-0.05, 0) is 24.3 Å². The fourth-order valence-electron chi connectivity index (χ4n) is 2.53. The second-order valence-corrected chi connectivity index (χ2v) is 5.63. The van der Waals surface area contributed by atoms with E-state index in [-0.39, 0.29) is 17.2 Å². The van der Waals surface area contributed by atoms with Gasteiger partial charge in [-0.15, -0.1) is 0 Å². The van der Waals surface area contributed by atoms with E-state index in [2.05, 4.69) is 0 Å². The lowest BCUT2D eigenvalue weighted by atomic mass is 9.93. The molecule has 27 heavy (non-hydrogen) atoms. The van der Waals surface area contributed by atoms with Crippen molar-refractivity contribution in [2.24, 2.45) is 0 Å². The Kier molecular flexibility index (Phi) is 5.74. The maximum absolute atomic E-state index is 13.6.